The third kappa shape index (κ3) is 3.67. The van der Waals surface area contributed by atoms with E-state index in [-0.39, 0.29) is 17.4 Å². The molecule has 0 radical (unpaired) electrons. The lowest BCUT2D eigenvalue weighted by atomic mass is 9.93. The number of aryl methyl sites for hydroxylation is 1. The summed E-state index contributed by atoms with van der Waals surface area (Å²) >= 11 is 0. The van der Waals surface area contributed by atoms with Crippen LogP contribution in [0.2, 0.25) is 0 Å². The molecule has 1 aliphatic heterocycles. The fourth-order valence-electron chi connectivity index (χ4n) is 2.97. The van der Waals surface area contributed by atoms with E-state index in [1.807, 2.05) is 25.1 Å². The van der Waals surface area contributed by atoms with Crippen molar-refractivity contribution in [3.05, 3.63) is 71.8 Å². The van der Waals surface area contributed by atoms with Crippen molar-refractivity contribution in [3.8, 4) is 11.3 Å². The van der Waals surface area contributed by atoms with E-state index < -0.39 is 5.60 Å². The minimum Gasteiger partial charge on any atom is -0.381 e. The Bertz CT molecular complexity index is 1160. The number of rotatable bonds is 4. The first-order chi connectivity index (χ1) is 14.3. The molecule has 0 saturated carbocycles. The van der Waals surface area contributed by atoms with Gasteiger partial charge in [0.2, 0.25) is 5.78 Å². The minimum absolute atomic E-state index is 0.170. The molecule has 0 fully saturated rings. The molecule has 8 heteroatoms. The summed E-state index contributed by atoms with van der Waals surface area (Å²) in [5, 5.41) is 6.65. The summed E-state index contributed by atoms with van der Waals surface area (Å²) in [5.41, 5.74) is 2.79. The Hall–Kier alpha value is -3.94. The number of benzene rings is 1. The van der Waals surface area contributed by atoms with E-state index in [0.717, 1.165) is 11.1 Å². The first-order valence-electron chi connectivity index (χ1n) is 9.31. The Kier molecular flexibility index (Phi) is 4.83. The molecule has 0 atom stereocenters. The molecule has 1 N–H and O–H groups in total. The van der Waals surface area contributed by atoms with E-state index in [4.69, 9.17) is 4.84 Å². The highest BCUT2D eigenvalue weighted by Gasteiger charge is 2.40. The number of ketones is 1. The summed E-state index contributed by atoms with van der Waals surface area (Å²) in [6, 6.07) is 8.92. The van der Waals surface area contributed by atoms with Gasteiger partial charge in [0.05, 0.1) is 23.7 Å². The van der Waals surface area contributed by atoms with Gasteiger partial charge in [-0.1, -0.05) is 17.3 Å². The number of aromatic nitrogens is 3. The molecule has 0 spiro atoms. The van der Waals surface area contributed by atoms with Gasteiger partial charge in [0.15, 0.2) is 17.1 Å². The lowest BCUT2D eigenvalue weighted by Gasteiger charge is -2.12. The van der Waals surface area contributed by atoms with Crippen molar-refractivity contribution in [2.24, 2.45) is 5.16 Å². The van der Waals surface area contributed by atoms with Gasteiger partial charge in [0.1, 0.15) is 0 Å². The molecule has 150 valence electrons. The SMILES string of the molecule is Cc1ccc(C2=NOC(C)(C)C2=O)cc1-c1cnc(NC(=O)c2cccnc2)cn1. The number of pyridine rings is 1. The van der Waals surface area contributed by atoms with E-state index in [0.29, 0.717) is 22.6 Å². The van der Waals surface area contributed by atoms with Gasteiger partial charge >= 0.3 is 0 Å². The van der Waals surface area contributed by atoms with Gasteiger partial charge in [-0.3, -0.25) is 19.6 Å². The summed E-state index contributed by atoms with van der Waals surface area (Å²) in [6.07, 6.45) is 6.13. The average molecular weight is 401 g/mol. The van der Waals surface area contributed by atoms with Gasteiger partial charge < -0.3 is 10.2 Å². The molecule has 0 saturated heterocycles. The monoisotopic (exact) mass is 401 g/mol. The highest BCUT2D eigenvalue weighted by Crippen LogP contribution is 2.27. The van der Waals surface area contributed by atoms with Gasteiger partial charge in [0.25, 0.3) is 5.91 Å². The summed E-state index contributed by atoms with van der Waals surface area (Å²) in [4.78, 5) is 42.6. The van der Waals surface area contributed by atoms with Crippen LogP contribution in [0.4, 0.5) is 5.82 Å². The third-order valence-electron chi connectivity index (χ3n) is 4.73. The van der Waals surface area contributed by atoms with Crippen molar-refractivity contribution in [3.63, 3.8) is 0 Å². The van der Waals surface area contributed by atoms with Crippen LogP contribution < -0.4 is 5.32 Å². The molecule has 8 nitrogen and oxygen atoms in total. The van der Waals surface area contributed by atoms with Gasteiger partial charge in [-0.2, -0.15) is 0 Å². The number of nitrogens with one attached hydrogen (secondary N) is 1. The van der Waals surface area contributed by atoms with Crippen LogP contribution in [-0.4, -0.2) is 38.0 Å². The summed E-state index contributed by atoms with van der Waals surface area (Å²) < 4.78 is 0. The van der Waals surface area contributed by atoms with E-state index in [9.17, 15) is 9.59 Å². The molecule has 3 aromatic rings. The number of carbonyl (C=O) groups excluding carboxylic acids is 2. The van der Waals surface area contributed by atoms with Crippen molar-refractivity contribution in [1.82, 2.24) is 15.0 Å². The zero-order chi connectivity index (χ0) is 21.3. The molecule has 0 unspecified atom stereocenters. The van der Waals surface area contributed by atoms with Crippen molar-refractivity contribution < 1.29 is 14.4 Å². The van der Waals surface area contributed by atoms with E-state index in [1.54, 1.807) is 38.4 Å². The van der Waals surface area contributed by atoms with Crippen LogP contribution >= 0.6 is 0 Å². The maximum atomic E-state index is 12.5. The summed E-state index contributed by atoms with van der Waals surface area (Å²) in [7, 11) is 0. The molecular formula is C22H19N5O3. The molecule has 1 aliphatic rings. The Morgan fingerprint density at radius 3 is 2.57 bits per heavy atom. The predicted octanol–water partition coefficient (Wildman–Crippen LogP) is 3.18. The van der Waals surface area contributed by atoms with E-state index >= 15 is 0 Å². The Morgan fingerprint density at radius 2 is 1.93 bits per heavy atom. The number of Topliss-reactive ketones (excluding diaryl/α,β-unsaturated/α-hetero) is 1. The van der Waals surface area contributed by atoms with Crippen molar-refractivity contribution in [2.75, 3.05) is 5.32 Å². The van der Waals surface area contributed by atoms with Crippen LogP contribution in [0, 0.1) is 6.92 Å². The second-order valence-electron chi connectivity index (χ2n) is 7.38. The number of hydrogen-bond acceptors (Lipinski definition) is 7. The maximum Gasteiger partial charge on any atom is 0.258 e. The molecule has 0 bridgehead atoms. The quantitative estimate of drug-likeness (QED) is 0.720. The van der Waals surface area contributed by atoms with Crippen LogP contribution in [0.3, 0.4) is 0 Å². The maximum absolute atomic E-state index is 12.5. The lowest BCUT2D eigenvalue weighted by molar-refractivity contribution is -0.128. The Morgan fingerprint density at radius 1 is 1.10 bits per heavy atom. The first kappa shape index (κ1) is 19.4. The molecule has 4 rings (SSSR count). The zero-order valence-corrected chi connectivity index (χ0v) is 16.7. The van der Waals surface area contributed by atoms with Crippen molar-refractivity contribution in [1.29, 1.82) is 0 Å². The predicted molar refractivity (Wildman–Crippen MR) is 111 cm³/mol. The van der Waals surface area contributed by atoms with Crippen LogP contribution in [0.5, 0.6) is 0 Å². The number of carbonyl (C=O) groups is 2. The topological polar surface area (TPSA) is 106 Å². The molecule has 1 amide bonds. The van der Waals surface area contributed by atoms with Gasteiger partial charge in [0, 0.05) is 23.5 Å². The standard InChI is InChI=1S/C22H19N5O3/c1-13-6-7-14(19-20(28)22(2,3)30-27-19)9-16(13)17-11-25-18(12-24-17)26-21(29)15-5-4-8-23-10-15/h4-12H,1-3H3,(H,25,26,29). The fraction of sp³-hybridized carbons (Fsp3) is 0.182. The fourth-order valence-corrected chi connectivity index (χ4v) is 2.97. The largest absolute Gasteiger partial charge is 0.381 e. The normalized spacial score (nSPS) is 14.8. The molecule has 1 aromatic carbocycles. The third-order valence-corrected chi connectivity index (χ3v) is 4.73. The first-order valence-corrected chi connectivity index (χ1v) is 9.31. The second kappa shape index (κ2) is 7.47. The number of nitrogens with zero attached hydrogens (tertiary/aromatic N) is 4. The Balaban J connectivity index is 1.57. The van der Waals surface area contributed by atoms with E-state index in [2.05, 4.69) is 25.4 Å². The van der Waals surface area contributed by atoms with Gasteiger partial charge in [-0.25, -0.2) is 4.98 Å². The lowest BCUT2D eigenvalue weighted by Crippen LogP contribution is -2.33. The molecular weight excluding hydrogens is 382 g/mol. The summed E-state index contributed by atoms with van der Waals surface area (Å²) in [6.45, 7) is 5.31. The highest BCUT2D eigenvalue weighted by molar-refractivity contribution is 6.49. The number of amides is 1. The second-order valence-corrected chi connectivity index (χ2v) is 7.38. The number of anilines is 1. The molecule has 30 heavy (non-hydrogen) atoms. The molecule has 3 heterocycles. The highest BCUT2D eigenvalue weighted by atomic mass is 16.7. The van der Waals surface area contributed by atoms with Gasteiger partial charge in [-0.05, 0) is 44.5 Å². The molecule has 2 aromatic heterocycles. The molecule has 0 aliphatic carbocycles. The summed E-state index contributed by atoms with van der Waals surface area (Å²) in [5.74, 6) is -0.160. The van der Waals surface area contributed by atoms with Crippen LogP contribution in [-0.2, 0) is 9.63 Å². The van der Waals surface area contributed by atoms with Crippen LogP contribution in [0.15, 0.2) is 60.3 Å². The van der Waals surface area contributed by atoms with E-state index in [1.165, 1.54) is 12.4 Å². The zero-order valence-electron chi connectivity index (χ0n) is 16.7. The van der Waals surface area contributed by atoms with Crippen LogP contribution in [0.1, 0.15) is 35.3 Å². The van der Waals surface area contributed by atoms with Gasteiger partial charge in [-0.15, -0.1) is 0 Å². The average Bonchev–Trinajstić information content (AvgIpc) is 3.02. The number of oxime groups is 1. The smallest absolute Gasteiger partial charge is 0.258 e. The van der Waals surface area contributed by atoms with Crippen molar-refractivity contribution in [2.45, 2.75) is 26.4 Å². The Labute approximate surface area is 173 Å². The van der Waals surface area contributed by atoms with Crippen molar-refractivity contribution >= 4 is 23.2 Å². The minimum atomic E-state index is -0.964. The number of hydrogen-bond donors (Lipinski definition) is 1. The van der Waals surface area contributed by atoms with Crippen LogP contribution in [0.25, 0.3) is 11.3 Å².